The third kappa shape index (κ3) is 0.906. The van der Waals surface area contributed by atoms with Gasteiger partial charge in [-0.1, -0.05) is 0 Å². The number of nitriles is 2. The zero-order valence-electron chi connectivity index (χ0n) is 8.20. The first-order valence-corrected chi connectivity index (χ1v) is 4.77. The molecule has 0 saturated heterocycles. The summed E-state index contributed by atoms with van der Waals surface area (Å²) in [5, 5.41) is 19.7. The van der Waals surface area contributed by atoms with Gasteiger partial charge in [0, 0.05) is 10.8 Å². The molecule has 1 heterocycles. The lowest BCUT2D eigenvalue weighted by Crippen LogP contribution is -2.00. The molecule has 0 amide bonds. The van der Waals surface area contributed by atoms with E-state index in [1.54, 1.807) is 12.1 Å². The first kappa shape index (κ1) is 8.58. The van der Waals surface area contributed by atoms with Crippen molar-refractivity contribution in [2.75, 3.05) is 10.9 Å². The number of nitrogens with one attached hydrogen (secondary N) is 2. The molecule has 0 radical (unpaired) electrons. The molecule has 74 valence electrons. The fourth-order valence-corrected chi connectivity index (χ4v) is 2.02. The maximum Gasteiger partial charge on any atom is 0.0998 e. The molecular formula is C12H6N4. The fourth-order valence-electron chi connectivity index (χ4n) is 2.02. The van der Waals surface area contributed by atoms with E-state index in [1.807, 2.05) is 12.1 Å². The topological polar surface area (TPSA) is 71.6 Å². The maximum atomic E-state index is 9.06. The third-order valence-corrected chi connectivity index (χ3v) is 2.73. The average molecular weight is 206 g/mol. The van der Waals surface area contributed by atoms with Crippen LogP contribution in [-0.4, -0.2) is 0 Å². The molecule has 0 atom stereocenters. The molecule has 4 nitrogen and oxygen atoms in total. The molecule has 2 aromatic carbocycles. The minimum Gasteiger partial charge on any atom is -0.300 e. The Morgan fingerprint density at radius 2 is 1.25 bits per heavy atom. The molecule has 1 aliphatic heterocycles. The molecule has 0 aliphatic carbocycles. The molecule has 3 rings (SSSR count). The van der Waals surface area contributed by atoms with E-state index in [1.165, 1.54) is 0 Å². The Labute approximate surface area is 91.7 Å². The highest BCUT2D eigenvalue weighted by Crippen LogP contribution is 2.38. The van der Waals surface area contributed by atoms with Crippen molar-refractivity contribution < 1.29 is 0 Å². The highest BCUT2D eigenvalue weighted by Gasteiger charge is 2.17. The Bertz CT molecular complexity index is 632. The molecule has 0 bridgehead atoms. The van der Waals surface area contributed by atoms with Crippen molar-refractivity contribution in [3.8, 4) is 12.1 Å². The minimum absolute atomic E-state index is 0.530. The van der Waals surface area contributed by atoms with Gasteiger partial charge in [0.25, 0.3) is 0 Å². The zero-order chi connectivity index (χ0) is 11.1. The molecule has 0 unspecified atom stereocenters. The number of hydrogen-bond acceptors (Lipinski definition) is 4. The first-order chi connectivity index (χ1) is 7.85. The SMILES string of the molecule is N#Cc1ccc2c3c(ccc(C#N)c13)NN2. The summed E-state index contributed by atoms with van der Waals surface area (Å²) in [6.07, 6.45) is 0. The van der Waals surface area contributed by atoms with E-state index in [-0.39, 0.29) is 0 Å². The van der Waals surface area contributed by atoms with Crippen molar-refractivity contribution in [1.82, 2.24) is 0 Å². The van der Waals surface area contributed by atoms with Crippen LogP contribution in [0.25, 0.3) is 10.8 Å². The molecule has 2 N–H and O–H groups in total. The smallest absolute Gasteiger partial charge is 0.0998 e. The molecule has 0 fully saturated rings. The van der Waals surface area contributed by atoms with Crippen LogP contribution in [0.15, 0.2) is 24.3 Å². The third-order valence-electron chi connectivity index (χ3n) is 2.73. The van der Waals surface area contributed by atoms with Gasteiger partial charge < -0.3 is 10.9 Å². The van der Waals surface area contributed by atoms with Crippen LogP contribution in [0.1, 0.15) is 11.1 Å². The second-order valence-electron chi connectivity index (χ2n) is 3.54. The Kier molecular flexibility index (Phi) is 1.55. The van der Waals surface area contributed by atoms with Crippen molar-refractivity contribution in [2.45, 2.75) is 0 Å². The molecule has 0 spiro atoms. The summed E-state index contributed by atoms with van der Waals surface area (Å²) in [6.45, 7) is 0. The predicted octanol–water partition coefficient (Wildman–Crippen LogP) is 2.34. The molecule has 0 saturated carbocycles. The van der Waals surface area contributed by atoms with E-state index in [4.69, 9.17) is 10.5 Å². The second-order valence-corrected chi connectivity index (χ2v) is 3.54. The van der Waals surface area contributed by atoms with Gasteiger partial charge in [0.2, 0.25) is 0 Å². The number of nitrogens with zero attached hydrogens (tertiary/aromatic N) is 2. The Balaban J connectivity index is 2.60. The van der Waals surface area contributed by atoms with E-state index >= 15 is 0 Å². The largest absolute Gasteiger partial charge is 0.300 e. The molecule has 4 heteroatoms. The lowest BCUT2D eigenvalue weighted by atomic mass is 9.98. The van der Waals surface area contributed by atoms with Crippen LogP contribution < -0.4 is 10.9 Å². The van der Waals surface area contributed by atoms with E-state index in [2.05, 4.69) is 23.0 Å². The van der Waals surface area contributed by atoms with E-state index in [0.717, 1.165) is 22.1 Å². The van der Waals surface area contributed by atoms with Gasteiger partial charge in [-0.3, -0.25) is 0 Å². The first-order valence-electron chi connectivity index (χ1n) is 4.77. The summed E-state index contributed by atoms with van der Waals surface area (Å²) in [5.74, 6) is 0. The van der Waals surface area contributed by atoms with Crippen LogP contribution in [0.5, 0.6) is 0 Å². The zero-order valence-corrected chi connectivity index (χ0v) is 8.20. The van der Waals surface area contributed by atoms with Crippen molar-refractivity contribution >= 4 is 22.1 Å². The van der Waals surface area contributed by atoms with Crippen LogP contribution in [0.3, 0.4) is 0 Å². The fraction of sp³-hybridized carbons (Fsp3) is 0. The number of hydrazine groups is 1. The van der Waals surface area contributed by atoms with Crippen molar-refractivity contribution in [1.29, 1.82) is 10.5 Å². The van der Waals surface area contributed by atoms with Crippen molar-refractivity contribution in [3.05, 3.63) is 35.4 Å². The highest BCUT2D eigenvalue weighted by molar-refractivity contribution is 6.11. The summed E-state index contributed by atoms with van der Waals surface area (Å²) < 4.78 is 0. The molecule has 0 aromatic heterocycles. The van der Waals surface area contributed by atoms with Crippen molar-refractivity contribution in [2.24, 2.45) is 0 Å². The Morgan fingerprint density at radius 3 is 1.69 bits per heavy atom. The maximum absolute atomic E-state index is 9.06. The molecule has 16 heavy (non-hydrogen) atoms. The summed E-state index contributed by atoms with van der Waals surface area (Å²) in [4.78, 5) is 0. The molecule has 1 aliphatic rings. The van der Waals surface area contributed by atoms with Gasteiger partial charge in [0.05, 0.1) is 34.6 Å². The van der Waals surface area contributed by atoms with Crippen LogP contribution in [0.4, 0.5) is 11.4 Å². The van der Waals surface area contributed by atoms with Gasteiger partial charge in [-0.15, -0.1) is 0 Å². The summed E-state index contributed by atoms with van der Waals surface area (Å²) >= 11 is 0. The van der Waals surface area contributed by atoms with Crippen LogP contribution in [0.2, 0.25) is 0 Å². The van der Waals surface area contributed by atoms with E-state index in [0.29, 0.717) is 11.1 Å². The van der Waals surface area contributed by atoms with Gasteiger partial charge in [0.15, 0.2) is 0 Å². The number of anilines is 2. The van der Waals surface area contributed by atoms with Gasteiger partial charge in [0.1, 0.15) is 0 Å². The monoisotopic (exact) mass is 206 g/mol. The van der Waals surface area contributed by atoms with Crippen molar-refractivity contribution in [3.63, 3.8) is 0 Å². The van der Waals surface area contributed by atoms with Gasteiger partial charge in [-0.2, -0.15) is 10.5 Å². The Morgan fingerprint density at radius 1 is 0.750 bits per heavy atom. The predicted molar refractivity (Wildman–Crippen MR) is 60.6 cm³/mol. The number of benzene rings is 2. The molecule has 2 aromatic rings. The standard InChI is InChI=1S/C12H6N4/c13-5-7-1-3-9-12-10(16-15-9)4-2-8(6-14)11(7)12/h1-4,15-16H. The summed E-state index contributed by atoms with van der Waals surface area (Å²) in [7, 11) is 0. The number of hydrogen-bond donors (Lipinski definition) is 2. The summed E-state index contributed by atoms with van der Waals surface area (Å²) in [5.41, 5.74) is 8.88. The van der Waals surface area contributed by atoms with Crippen LogP contribution in [-0.2, 0) is 0 Å². The highest BCUT2D eigenvalue weighted by atomic mass is 15.4. The Hall–Kier alpha value is -2.72. The molecular weight excluding hydrogens is 200 g/mol. The minimum atomic E-state index is 0.530. The van der Waals surface area contributed by atoms with Gasteiger partial charge >= 0.3 is 0 Å². The summed E-state index contributed by atoms with van der Waals surface area (Å²) in [6, 6.07) is 11.4. The van der Waals surface area contributed by atoms with Gasteiger partial charge in [-0.25, -0.2) is 0 Å². The lowest BCUT2D eigenvalue weighted by molar-refractivity contribution is 1.49. The quantitative estimate of drug-likeness (QED) is 0.693. The average Bonchev–Trinajstić information content (AvgIpc) is 2.75. The van der Waals surface area contributed by atoms with E-state index < -0.39 is 0 Å². The van der Waals surface area contributed by atoms with Gasteiger partial charge in [-0.05, 0) is 24.3 Å². The van der Waals surface area contributed by atoms with Crippen LogP contribution >= 0.6 is 0 Å². The van der Waals surface area contributed by atoms with Crippen LogP contribution in [0, 0.1) is 22.7 Å². The lowest BCUT2D eigenvalue weighted by Gasteiger charge is -2.03. The second kappa shape index (κ2) is 2.88. The van der Waals surface area contributed by atoms with E-state index in [9.17, 15) is 0 Å². The number of rotatable bonds is 0. The normalized spacial score (nSPS) is 11.4.